The van der Waals surface area contributed by atoms with E-state index in [4.69, 9.17) is 20.4 Å². The van der Waals surface area contributed by atoms with Crippen LogP contribution in [0.3, 0.4) is 0 Å². The van der Waals surface area contributed by atoms with Gasteiger partial charge in [0.25, 0.3) is 5.91 Å². The van der Waals surface area contributed by atoms with Gasteiger partial charge in [0.05, 0.1) is 24.2 Å². The first-order valence-corrected chi connectivity index (χ1v) is 11.8. The Bertz CT molecular complexity index is 1550. The summed E-state index contributed by atoms with van der Waals surface area (Å²) in [6.45, 7) is 4.60. The van der Waals surface area contributed by atoms with Crippen LogP contribution < -0.4 is 11.1 Å². The second kappa shape index (κ2) is 8.98. The molecule has 1 aliphatic heterocycles. The minimum absolute atomic E-state index is 0.293. The molecule has 8 heteroatoms. The average Bonchev–Trinajstić information content (AvgIpc) is 3.16. The fourth-order valence-electron chi connectivity index (χ4n) is 4.75. The largest absolute Gasteiger partial charge is 0.384 e. The van der Waals surface area contributed by atoms with Crippen molar-refractivity contribution in [2.75, 3.05) is 43.9 Å². The van der Waals surface area contributed by atoms with Gasteiger partial charge in [-0.05, 0) is 23.6 Å². The van der Waals surface area contributed by atoms with Crippen molar-refractivity contribution in [3.63, 3.8) is 0 Å². The summed E-state index contributed by atoms with van der Waals surface area (Å²) in [5.41, 5.74) is 10.4. The summed E-state index contributed by atoms with van der Waals surface area (Å²) in [5.74, 6) is 0.0832. The molecular weight excluding hydrogens is 440 g/mol. The topological polar surface area (TPSA) is 98.3 Å². The van der Waals surface area contributed by atoms with Gasteiger partial charge in [-0.15, -0.1) is 0 Å². The molecule has 2 aromatic heterocycles. The predicted octanol–water partition coefficient (Wildman–Crippen LogP) is 3.90. The van der Waals surface area contributed by atoms with E-state index < -0.39 is 0 Å². The molecule has 0 saturated carbocycles. The number of morpholine rings is 1. The third-order valence-electron chi connectivity index (χ3n) is 6.60. The minimum Gasteiger partial charge on any atom is -0.384 e. The van der Waals surface area contributed by atoms with Crippen LogP contribution in [-0.2, 0) is 11.3 Å². The molecule has 1 amide bonds. The molecule has 3 aromatic carbocycles. The lowest BCUT2D eigenvalue weighted by Gasteiger charge is -2.26. The summed E-state index contributed by atoms with van der Waals surface area (Å²) in [4.78, 5) is 25.7. The number of rotatable bonds is 5. The molecule has 0 bridgehead atoms. The summed E-state index contributed by atoms with van der Waals surface area (Å²) >= 11 is 0. The van der Waals surface area contributed by atoms with Gasteiger partial charge >= 0.3 is 0 Å². The number of carbonyl (C=O) groups excluding carboxylic acids is 1. The first-order valence-electron chi connectivity index (χ1n) is 11.8. The second-order valence-corrected chi connectivity index (χ2v) is 8.73. The molecule has 176 valence electrons. The number of anilines is 2. The number of nitrogen functional groups attached to an aromatic ring is 1. The number of aromatic nitrogens is 3. The van der Waals surface area contributed by atoms with Crippen molar-refractivity contribution in [3.8, 4) is 0 Å². The van der Waals surface area contributed by atoms with E-state index in [-0.39, 0.29) is 5.91 Å². The lowest BCUT2D eigenvalue weighted by molar-refractivity contribution is 0.0366. The van der Waals surface area contributed by atoms with Gasteiger partial charge in [0, 0.05) is 37.3 Å². The van der Waals surface area contributed by atoms with Crippen LogP contribution in [0.25, 0.3) is 33.0 Å². The number of nitrogens with two attached hydrogens (primary N) is 1. The van der Waals surface area contributed by atoms with Crippen LogP contribution >= 0.6 is 0 Å². The van der Waals surface area contributed by atoms with E-state index in [1.165, 1.54) is 0 Å². The van der Waals surface area contributed by atoms with E-state index in [0.717, 1.165) is 60.3 Å². The minimum atomic E-state index is -0.293. The number of hydrogen-bond acceptors (Lipinski definition) is 6. The molecule has 35 heavy (non-hydrogen) atoms. The van der Waals surface area contributed by atoms with Crippen LogP contribution in [0.5, 0.6) is 0 Å². The van der Waals surface area contributed by atoms with Gasteiger partial charge < -0.3 is 20.4 Å². The molecule has 1 fully saturated rings. The Kier molecular flexibility index (Phi) is 5.52. The quantitative estimate of drug-likeness (QED) is 0.408. The van der Waals surface area contributed by atoms with E-state index in [1.807, 2.05) is 71.3 Å². The number of para-hydroxylation sites is 2. The standard InChI is InChI=1S/C27H26N6O2/c28-25-23(27(34)31-20-11-5-7-18-6-1-2-8-19(18)20)24-26(30-22-10-4-3-9-21(22)29-24)33(25)13-12-32-14-16-35-17-15-32/h1-11H,12-17,28H2,(H,31,34). The Hall–Kier alpha value is -4.01. The monoisotopic (exact) mass is 466 g/mol. The van der Waals surface area contributed by atoms with Crippen LogP contribution in [0.15, 0.2) is 66.7 Å². The maximum Gasteiger partial charge on any atom is 0.261 e. The first kappa shape index (κ1) is 21.5. The maximum absolute atomic E-state index is 13.6. The number of hydrogen-bond donors (Lipinski definition) is 2. The SMILES string of the molecule is Nc1c(C(=O)Nc2cccc3ccccc23)c2nc3ccccc3nc2n1CCN1CCOCC1. The van der Waals surface area contributed by atoms with Gasteiger partial charge in [-0.1, -0.05) is 48.5 Å². The van der Waals surface area contributed by atoms with Crippen molar-refractivity contribution in [2.45, 2.75) is 6.54 Å². The van der Waals surface area contributed by atoms with E-state index >= 15 is 0 Å². The average molecular weight is 467 g/mol. The zero-order valence-electron chi connectivity index (χ0n) is 19.3. The van der Waals surface area contributed by atoms with Crippen LogP contribution in [0.4, 0.5) is 11.5 Å². The Morgan fingerprint density at radius 3 is 2.46 bits per heavy atom. The molecule has 0 atom stereocenters. The summed E-state index contributed by atoms with van der Waals surface area (Å²) in [6.07, 6.45) is 0. The smallest absolute Gasteiger partial charge is 0.261 e. The summed E-state index contributed by atoms with van der Waals surface area (Å²) in [7, 11) is 0. The fraction of sp³-hybridized carbons (Fsp3) is 0.222. The van der Waals surface area contributed by atoms with Crippen LogP contribution in [0.1, 0.15) is 10.4 Å². The highest BCUT2D eigenvalue weighted by atomic mass is 16.5. The molecule has 1 saturated heterocycles. The van der Waals surface area contributed by atoms with Crippen LogP contribution in [0.2, 0.25) is 0 Å². The number of carbonyl (C=O) groups is 1. The lowest BCUT2D eigenvalue weighted by Crippen LogP contribution is -2.38. The third-order valence-corrected chi connectivity index (χ3v) is 6.60. The van der Waals surface area contributed by atoms with Crippen molar-refractivity contribution in [1.82, 2.24) is 19.4 Å². The van der Waals surface area contributed by atoms with E-state index in [9.17, 15) is 4.79 Å². The van der Waals surface area contributed by atoms with Crippen molar-refractivity contribution >= 4 is 50.4 Å². The summed E-state index contributed by atoms with van der Waals surface area (Å²) in [6, 6.07) is 21.5. The zero-order valence-corrected chi connectivity index (χ0v) is 19.3. The number of nitrogens with zero attached hydrogens (tertiary/aromatic N) is 4. The van der Waals surface area contributed by atoms with Crippen molar-refractivity contribution in [1.29, 1.82) is 0 Å². The molecule has 0 unspecified atom stereocenters. The van der Waals surface area contributed by atoms with E-state index in [0.29, 0.717) is 29.1 Å². The molecule has 0 radical (unpaired) electrons. The molecular formula is C27H26N6O2. The van der Waals surface area contributed by atoms with Crippen molar-refractivity contribution in [3.05, 3.63) is 72.3 Å². The zero-order chi connectivity index (χ0) is 23.8. The summed E-state index contributed by atoms with van der Waals surface area (Å²) < 4.78 is 7.39. The maximum atomic E-state index is 13.6. The van der Waals surface area contributed by atoms with E-state index in [2.05, 4.69) is 10.2 Å². The molecule has 6 rings (SSSR count). The molecule has 3 N–H and O–H groups in total. The second-order valence-electron chi connectivity index (χ2n) is 8.73. The van der Waals surface area contributed by atoms with Crippen LogP contribution in [0, 0.1) is 0 Å². The highest BCUT2D eigenvalue weighted by Crippen LogP contribution is 2.30. The Balaban J connectivity index is 1.43. The fourth-order valence-corrected chi connectivity index (χ4v) is 4.75. The van der Waals surface area contributed by atoms with Crippen LogP contribution in [-0.4, -0.2) is 58.2 Å². The molecule has 3 heterocycles. The summed E-state index contributed by atoms with van der Waals surface area (Å²) in [5, 5.41) is 5.09. The van der Waals surface area contributed by atoms with E-state index in [1.54, 1.807) is 0 Å². The Labute approximate surface area is 202 Å². The van der Waals surface area contributed by atoms with Gasteiger partial charge in [0.15, 0.2) is 5.65 Å². The number of benzene rings is 3. The molecule has 8 nitrogen and oxygen atoms in total. The molecule has 5 aromatic rings. The molecule has 0 aliphatic carbocycles. The van der Waals surface area contributed by atoms with Gasteiger partial charge in [-0.25, -0.2) is 9.97 Å². The van der Waals surface area contributed by atoms with Crippen molar-refractivity contribution in [2.24, 2.45) is 0 Å². The highest BCUT2D eigenvalue weighted by Gasteiger charge is 2.25. The third kappa shape index (κ3) is 3.96. The van der Waals surface area contributed by atoms with Crippen molar-refractivity contribution < 1.29 is 9.53 Å². The molecule has 0 spiro atoms. The lowest BCUT2D eigenvalue weighted by atomic mass is 10.1. The number of ether oxygens (including phenoxy) is 1. The van der Waals surface area contributed by atoms with Gasteiger partial charge in [-0.2, -0.15) is 0 Å². The first-order chi connectivity index (χ1) is 17.2. The Morgan fingerprint density at radius 1 is 0.914 bits per heavy atom. The molecule has 1 aliphatic rings. The predicted molar refractivity (Wildman–Crippen MR) is 139 cm³/mol. The Morgan fingerprint density at radius 2 is 1.63 bits per heavy atom. The number of nitrogens with one attached hydrogen (secondary N) is 1. The van der Waals surface area contributed by atoms with Gasteiger partial charge in [-0.3, -0.25) is 9.69 Å². The highest BCUT2D eigenvalue weighted by molar-refractivity contribution is 6.17. The number of amides is 1. The normalized spacial score (nSPS) is 14.6. The number of fused-ring (bicyclic) bond motifs is 3. The van der Waals surface area contributed by atoms with Gasteiger partial charge in [0.2, 0.25) is 0 Å². The van der Waals surface area contributed by atoms with Gasteiger partial charge in [0.1, 0.15) is 16.9 Å².